The van der Waals surface area contributed by atoms with Gasteiger partial charge in [0.25, 0.3) is 0 Å². The molecule has 1 aromatic carbocycles. The summed E-state index contributed by atoms with van der Waals surface area (Å²) in [6.07, 6.45) is 2.42. The summed E-state index contributed by atoms with van der Waals surface area (Å²) >= 11 is 17.7. The number of aromatic nitrogens is 1. The van der Waals surface area contributed by atoms with E-state index in [2.05, 4.69) is 10.3 Å². The third kappa shape index (κ3) is 3.77. The van der Waals surface area contributed by atoms with Crippen LogP contribution in [0.5, 0.6) is 0 Å². The van der Waals surface area contributed by atoms with Gasteiger partial charge >= 0.3 is 0 Å². The average molecular weight is 302 g/mol. The van der Waals surface area contributed by atoms with Gasteiger partial charge in [-0.3, -0.25) is 0 Å². The van der Waals surface area contributed by atoms with Crippen LogP contribution in [0.15, 0.2) is 36.5 Å². The van der Waals surface area contributed by atoms with Crippen LogP contribution >= 0.6 is 34.8 Å². The van der Waals surface area contributed by atoms with Crippen molar-refractivity contribution < 1.29 is 0 Å². The summed E-state index contributed by atoms with van der Waals surface area (Å²) in [5.74, 6) is 0.796. The molecule has 18 heavy (non-hydrogen) atoms. The van der Waals surface area contributed by atoms with Gasteiger partial charge in [0.15, 0.2) is 0 Å². The first-order chi connectivity index (χ1) is 8.65. The van der Waals surface area contributed by atoms with E-state index in [0.29, 0.717) is 15.1 Å². The van der Waals surface area contributed by atoms with Gasteiger partial charge in [-0.2, -0.15) is 0 Å². The van der Waals surface area contributed by atoms with Gasteiger partial charge in [0, 0.05) is 22.8 Å². The van der Waals surface area contributed by atoms with Crippen LogP contribution in [-0.4, -0.2) is 11.5 Å². The van der Waals surface area contributed by atoms with Gasteiger partial charge in [-0.25, -0.2) is 4.98 Å². The molecule has 2 rings (SSSR count). The van der Waals surface area contributed by atoms with E-state index in [0.717, 1.165) is 24.3 Å². The number of anilines is 1. The van der Waals surface area contributed by atoms with Crippen LogP contribution in [0.2, 0.25) is 15.1 Å². The standard InChI is InChI=1S/C13H11Cl3N2/c14-10-2-1-9(12(16)7-10)5-6-17-13-4-3-11(15)8-18-13/h1-4,7-8H,5-6H2,(H,17,18). The summed E-state index contributed by atoms with van der Waals surface area (Å²) in [5.41, 5.74) is 1.06. The van der Waals surface area contributed by atoms with Gasteiger partial charge in [-0.05, 0) is 36.2 Å². The number of rotatable bonds is 4. The summed E-state index contributed by atoms with van der Waals surface area (Å²) < 4.78 is 0. The zero-order valence-electron chi connectivity index (χ0n) is 9.46. The summed E-state index contributed by atoms with van der Waals surface area (Å²) in [6.45, 7) is 0.746. The van der Waals surface area contributed by atoms with Crippen molar-refractivity contribution in [2.45, 2.75) is 6.42 Å². The Labute approximate surface area is 121 Å². The second-order valence-electron chi connectivity index (χ2n) is 3.77. The highest BCUT2D eigenvalue weighted by Gasteiger charge is 2.01. The van der Waals surface area contributed by atoms with E-state index in [4.69, 9.17) is 34.8 Å². The maximum absolute atomic E-state index is 6.09. The molecule has 0 aliphatic rings. The van der Waals surface area contributed by atoms with Gasteiger partial charge in [-0.15, -0.1) is 0 Å². The van der Waals surface area contributed by atoms with Crippen LogP contribution < -0.4 is 5.32 Å². The molecule has 0 saturated carbocycles. The molecule has 0 radical (unpaired) electrons. The van der Waals surface area contributed by atoms with Crippen LogP contribution in [0.3, 0.4) is 0 Å². The highest BCUT2D eigenvalue weighted by Crippen LogP contribution is 2.21. The normalized spacial score (nSPS) is 10.4. The van der Waals surface area contributed by atoms with E-state index in [1.165, 1.54) is 0 Å². The maximum Gasteiger partial charge on any atom is 0.125 e. The molecular formula is C13H11Cl3N2. The molecule has 5 heteroatoms. The lowest BCUT2D eigenvalue weighted by atomic mass is 10.1. The van der Waals surface area contributed by atoms with Crippen molar-refractivity contribution in [2.75, 3.05) is 11.9 Å². The molecule has 2 nitrogen and oxygen atoms in total. The Balaban J connectivity index is 1.90. The van der Waals surface area contributed by atoms with Crippen molar-refractivity contribution >= 4 is 40.6 Å². The monoisotopic (exact) mass is 300 g/mol. The maximum atomic E-state index is 6.09. The number of hydrogen-bond acceptors (Lipinski definition) is 2. The number of nitrogens with one attached hydrogen (secondary N) is 1. The van der Waals surface area contributed by atoms with Crippen LogP contribution in [0.25, 0.3) is 0 Å². The van der Waals surface area contributed by atoms with Crippen LogP contribution in [0.4, 0.5) is 5.82 Å². The Morgan fingerprint density at radius 1 is 1.00 bits per heavy atom. The molecule has 0 aliphatic carbocycles. The molecule has 0 saturated heterocycles. The topological polar surface area (TPSA) is 24.9 Å². The Morgan fingerprint density at radius 2 is 1.78 bits per heavy atom. The third-order valence-corrected chi connectivity index (χ3v) is 3.25. The smallest absolute Gasteiger partial charge is 0.125 e. The average Bonchev–Trinajstić information content (AvgIpc) is 2.34. The summed E-state index contributed by atoms with van der Waals surface area (Å²) in [6, 6.07) is 9.15. The van der Waals surface area contributed by atoms with Crippen molar-refractivity contribution in [3.63, 3.8) is 0 Å². The highest BCUT2D eigenvalue weighted by atomic mass is 35.5. The van der Waals surface area contributed by atoms with Crippen molar-refractivity contribution in [1.82, 2.24) is 4.98 Å². The first-order valence-electron chi connectivity index (χ1n) is 5.44. The molecular weight excluding hydrogens is 291 g/mol. The fraction of sp³-hybridized carbons (Fsp3) is 0.154. The van der Waals surface area contributed by atoms with Crippen LogP contribution in [0, 0.1) is 0 Å². The van der Waals surface area contributed by atoms with Gasteiger partial charge < -0.3 is 5.32 Å². The minimum Gasteiger partial charge on any atom is -0.370 e. The van der Waals surface area contributed by atoms with E-state index in [9.17, 15) is 0 Å². The SMILES string of the molecule is Clc1ccc(NCCc2ccc(Cl)cc2Cl)nc1. The Bertz CT molecular complexity index is 526. The van der Waals surface area contributed by atoms with Crippen molar-refractivity contribution in [3.8, 4) is 0 Å². The molecule has 0 aliphatic heterocycles. The lowest BCUT2D eigenvalue weighted by molar-refractivity contribution is 1.01. The first kappa shape index (κ1) is 13.5. The summed E-state index contributed by atoms with van der Waals surface area (Å²) in [4.78, 5) is 4.15. The van der Waals surface area contributed by atoms with E-state index >= 15 is 0 Å². The van der Waals surface area contributed by atoms with Crippen LogP contribution in [-0.2, 0) is 6.42 Å². The molecule has 1 aromatic heterocycles. The van der Waals surface area contributed by atoms with E-state index in [1.54, 1.807) is 18.3 Å². The molecule has 0 fully saturated rings. The minimum atomic E-state index is 0.626. The fourth-order valence-corrected chi connectivity index (χ4v) is 2.14. The Hall–Kier alpha value is -0.960. The largest absolute Gasteiger partial charge is 0.370 e. The molecule has 0 bridgehead atoms. The number of pyridine rings is 1. The third-order valence-electron chi connectivity index (χ3n) is 2.44. The van der Waals surface area contributed by atoms with E-state index in [1.807, 2.05) is 18.2 Å². The molecule has 0 amide bonds. The number of nitrogens with zero attached hydrogens (tertiary/aromatic N) is 1. The molecule has 1 heterocycles. The number of benzene rings is 1. The van der Waals surface area contributed by atoms with E-state index in [-0.39, 0.29) is 0 Å². The van der Waals surface area contributed by atoms with Crippen LogP contribution in [0.1, 0.15) is 5.56 Å². The predicted molar refractivity (Wildman–Crippen MR) is 77.9 cm³/mol. The molecule has 1 N–H and O–H groups in total. The van der Waals surface area contributed by atoms with Crippen molar-refractivity contribution in [3.05, 3.63) is 57.2 Å². The second-order valence-corrected chi connectivity index (χ2v) is 5.05. The molecule has 0 unspecified atom stereocenters. The number of hydrogen-bond donors (Lipinski definition) is 1. The van der Waals surface area contributed by atoms with Gasteiger partial charge in [0.1, 0.15) is 5.82 Å². The zero-order chi connectivity index (χ0) is 13.0. The fourth-order valence-electron chi connectivity index (χ4n) is 1.53. The highest BCUT2D eigenvalue weighted by molar-refractivity contribution is 6.35. The number of halogens is 3. The minimum absolute atomic E-state index is 0.626. The summed E-state index contributed by atoms with van der Waals surface area (Å²) in [5, 5.41) is 5.16. The molecule has 0 spiro atoms. The van der Waals surface area contributed by atoms with Gasteiger partial charge in [0.2, 0.25) is 0 Å². The van der Waals surface area contributed by atoms with Crippen molar-refractivity contribution in [2.24, 2.45) is 0 Å². The van der Waals surface area contributed by atoms with Gasteiger partial charge in [0.05, 0.1) is 5.02 Å². The molecule has 94 valence electrons. The first-order valence-corrected chi connectivity index (χ1v) is 6.58. The second kappa shape index (κ2) is 6.28. The predicted octanol–water partition coefficient (Wildman–Crippen LogP) is 4.70. The summed E-state index contributed by atoms with van der Waals surface area (Å²) in [7, 11) is 0. The Morgan fingerprint density at radius 3 is 2.44 bits per heavy atom. The molecule has 2 aromatic rings. The zero-order valence-corrected chi connectivity index (χ0v) is 11.7. The van der Waals surface area contributed by atoms with E-state index < -0.39 is 0 Å². The molecule has 0 atom stereocenters. The Kier molecular flexibility index (Phi) is 4.70. The van der Waals surface area contributed by atoms with Crippen molar-refractivity contribution in [1.29, 1.82) is 0 Å². The quantitative estimate of drug-likeness (QED) is 0.885. The van der Waals surface area contributed by atoms with Gasteiger partial charge in [-0.1, -0.05) is 40.9 Å². The lowest BCUT2D eigenvalue weighted by Crippen LogP contribution is -2.06. The lowest BCUT2D eigenvalue weighted by Gasteiger charge is -2.07.